The zero-order valence-electron chi connectivity index (χ0n) is 31.4. The summed E-state index contributed by atoms with van der Waals surface area (Å²) in [5.74, 6) is 1.84. The zero-order valence-corrected chi connectivity index (χ0v) is 33.8. The fourth-order valence-corrected chi connectivity index (χ4v) is 6.23. The monoisotopic (exact) mass is 954 g/mol. The molecule has 1 N–H and O–H groups in total. The summed E-state index contributed by atoms with van der Waals surface area (Å²) in [6.07, 6.45) is 1.66. The summed E-state index contributed by atoms with van der Waals surface area (Å²) in [7, 11) is 3.32. The predicted molar refractivity (Wildman–Crippen MR) is 232 cm³/mol. The maximum atomic E-state index is 9.50. The van der Waals surface area contributed by atoms with Crippen LogP contribution in [-0.4, -0.2) is 55.5 Å². The third-order valence-corrected chi connectivity index (χ3v) is 9.03. The molecular weight excluding hydrogens is 915 g/mol. The largest absolute Gasteiger partial charge is 0.554 e. The number of hydrogen-bond donors (Lipinski definition) is 1. The normalized spacial score (nSPS) is 10.6. The van der Waals surface area contributed by atoms with Crippen LogP contribution < -0.4 is 9.47 Å². The molecule has 0 spiro atoms. The zero-order chi connectivity index (χ0) is 39.0. The molecule has 0 saturated heterocycles. The van der Waals surface area contributed by atoms with Gasteiger partial charge in [0.05, 0.1) is 19.9 Å². The van der Waals surface area contributed by atoms with E-state index in [1.807, 2.05) is 152 Å². The molecule has 0 aliphatic carbocycles. The summed E-state index contributed by atoms with van der Waals surface area (Å²) in [6, 6.07) is 58.5. The number of ether oxygens (including phenoxy) is 2. The van der Waals surface area contributed by atoms with Crippen molar-refractivity contribution in [1.82, 2.24) is 30.0 Å². The van der Waals surface area contributed by atoms with Gasteiger partial charge in [-0.15, -0.1) is 24.3 Å². The Balaban J connectivity index is 0.000000149. The van der Waals surface area contributed by atoms with Gasteiger partial charge in [-0.2, -0.15) is 42.1 Å². The van der Waals surface area contributed by atoms with Crippen molar-refractivity contribution in [3.8, 4) is 28.6 Å². The molecule has 8 aromatic carbocycles. The van der Waals surface area contributed by atoms with Crippen molar-refractivity contribution in [3.63, 3.8) is 0 Å². The van der Waals surface area contributed by atoms with E-state index in [0.29, 0.717) is 0 Å². The topological polar surface area (TPSA) is 112 Å². The quantitative estimate of drug-likeness (QED) is 0.130. The first-order valence-electron chi connectivity index (χ1n) is 18.1. The van der Waals surface area contributed by atoms with Crippen LogP contribution in [-0.2, 0) is 20.1 Å². The van der Waals surface area contributed by atoms with E-state index in [0.717, 1.165) is 77.7 Å². The third-order valence-electron chi connectivity index (χ3n) is 9.03. The number of methoxy groups -OCH3 is 2. The molecule has 295 valence electrons. The van der Waals surface area contributed by atoms with E-state index in [9.17, 15) is 5.11 Å². The van der Waals surface area contributed by atoms with Crippen molar-refractivity contribution < 1.29 is 34.7 Å². The summed E-state index contributed by atoms with van der Waals surface area (Å²) in [6.45, 7) is 0. The third kappa shape index (κ3) is 9.18. The number of aromatic nitrogens is 6. The second-order valence-electron chi connectivity index (χ2n) is 12.6. The van der Waals surface area contributed by atoms with Crippen LogP contribution in [0, 0.1) is 12.1 Å². The smallest absolute Gasteiger partial charge is 0.124 e. The maximum Gasteiger partial charge on any atom is 0.124 e. The summed E-state index contributed by atoms with van der Waals surface area (Å²) in [4.78, 5) is 7.52. The van der Waals surface area contributed by atoms with E-state index in [1.165, 1.54) is 0 Å². The molecule has 0 unspecified atom stereocenters. The first kappa shape index (κ1) is 41.4. The Kier molecular flexibility index (Phi) is 13.6. The number of aliphatic imine (C=N–C) groups is 1. The van der Waals surface area contributed by atoms with Gasteiger partial charge in [0.2, 0.25) is 0 Å². The molecule has 0 saturated carbocycles. The SMILES string of the molecule is C.COc1c[c-]c(-n2nc3ccccc3n2)c2ccccc12.COc1c[c-]c(-n2nc3ccccc3n2)c2ccccc12.Oc1ccccc1C=Nc1ccccc1.[Ir]. The van der Waals surface area contributed by atoms with Crippen LogP contribution >= 0.6 is 0 Å². The molecule has 0 fully saturated rings. The second-order valence-corrected chi connectivity index (χ2v) is 12.6. The summed E-state index contributed by atoms with van der Waals surface area (Å²) in [5.41, 5.74) is 6.71. The van der Waals surface area contributed by atoms with Gasteiger partial charge in [0.15, 0.2) is 0 Å². The molecule has 0 atom stereocenters. The van der Waals surface area contributed by atoms with Crippen molar-refractivity contribution in [2.24, 2.45) is 4.99 Å². The fourth-order valence-electron chi connectivity index (χ4n) is 6.23. The minimum atomic E-state index is 0. The number of phenols is 1. The van der Waals surface area contributed by atoms with Gasteiger partial charge in [-0.05, 0) is 59.9 Å². The maximum absolute atomic E-state index is 9.50. The van der Waals surface area contributed by atoms with Crippen LogP contribution in [0.5, 0.6) is 17.2 Å². The number of hydrogen-bond acceptors (Lipinski definition) is 8. The first-order chi connectivity index (χ1) is 28.1. The second kappa shape index (κ2) is 19.3. The fraction of sp³-hybridized carbons (Fsp3) is 0.0625. The first-order valence-corrected chi connectivity index (χ1v) is 18.1. The molecule has 0 amide bonds. The van der Waals surface area contributed by atoms with E-state index in [-0.39, 0.29) is 33.3 Å². The number of benzene rings is 8. The molecule has 0 bridgehead atoms. The predicted octanol–water partition coefficient (Wildman–Crippen LogP) is 10.5. The van der Waals surface area contributed by atoms with Gasteiger partial charge in [-0.25, -0.2) is 0 Å². The van der Waals surface area contributed by atoms with Gasteiger partial charge < -0.3 is 14.6 Å². The Bertz CT molecular complexity index is 2760. The van der Waals surface area contributed by atoms with Gasteiger partial charge in [-0.1, -0.05) is 120 Å². The van der Waals surface area contributed by atoms with Crippen LogP contribution in [0.15, 0.2) is 169 Å². The Morgan fingerprint density at radius 2 is 0.881 bits per heavy atom. The Morgan fingerprint density at radius 3 is 1.31 bits per heavy atom. The Morgan fingerprint density at radius 1 is 0.508 bits per heavy atom. The van der Waals surface area contributed by atoms with Gasteiger partial charge in [0.25, 0.3) is 0 Å². The molecule has 2 heterocycles. The molecule has 0 aliphatic heterocycles. The molecule has 10 rings (SSSR count). The van der Waals surface area contributed by atoms with Gasteiger partial charge in [0.1, 0.15) is 27.8 Å². The number of phenolic OH excluding ortho intramolecular Hbond substituents is 1. The van der Waals surface area contributed by atoms with Crippen molar-refractivity contribution in [2.45, 2.75) is 7.43 Å². The summed E-state index contributed by atoms with van der Waals surface area (Å²) >= 11 is 0. The van der Waals surface area contributed by atoms with Crippen molar-refractivity contribution in [2.75, 3.05) is 14.2 Å². The van der Waals surface area contributed by atoms with Gasteiger partial charge in [-0.3, -0.25) is 4.99 Å². The molecular formula is C48H39IrN7O3-2. The molecule has 10 aromatic rings. The van der Waals surface area contributed by atoms with E-state index >= 15 is 0 Å². The van der Waals surface area contributed by atoms with E-state index in [2.05, 4.69) is 37.5 Å². The number of para-hydroxylation sites is 2. The number of aromatic hydroxyl groups is 1. The van der Waals surface area contributed by atoms with Gasteiger partial charge >= 0.3 is 0 Å². The molecule has 2 aromatic heterocycles. The van der Waals surface area contributed by atoms with Crippen LogP contribution in [0.1, 0.15) is 13.0 Å². The van der Waals surface area contributed by atoms with Crippen molar-refractivity contribution >= 4 is 55.5 Å². The average molecular weight is 954 g/mol. The molecule has 10 nitrogen and oxygen atoms in total. The van der Waals surface area contributed by atoms with E-state index < -0.39 is 0 Å². The standard InChI is InChI=1S/2C17H12N3O.C13H11NO.CH4.Ir/c2*1-21-17-11-10-16(12-6-2-3-7-13(12)17)20-18-14-8-4-5-9-15(14)19-20;15-13-9-5-4-6-11(13)10-14-12-7-2-1-3-8-12;;/h2*2-9,11H,1H3;1-10,15H;1H4;/q2*-1;;;. The van der Waals surface area contributed by atoms with Gasteiger partial charge in [0, 0.05) is 43.4 Å². The van der Waals surface area contributed by atoms with Crippen molar-refractivity contribution in [1.29, 1.82) is 0 Å². The molecule has 59 heavy (non-hydrogen) atoms. The summed E-state index contributed by atoms with van der Waals surface area (Å²) in [5, 5.41) is 31.7. The number of nitrogens with zero attached hydrogens (tertiary/aromatic N) is 7. The van der Waals surface area contributed by atoms with E-state index in [1.54, 1.807) is 42.2 Å². The summed E-state index contributed by atoms with van der Waals surface area (Å²) < 4.78 is 10.8. The Labute approximate surface area is 355 Å². The van der Waals surface area contributed by atoms with Crippen LogP contribution in [0.25, 0.3) is 55.0 Å². The van der Waals surface area contributed by atoms with E-state index in [4.69, 9.17) is 9.47 Å². The minimum absolute atomic E-state index is 0. The van der Waals surface area contributed by atoms with Crippen LogP contribution in [0.2, 0.25) is 0 Å². The van der Waals surface area contributed by atoms with Crippen LogP contribution in [0.3, 0.4) is 0 Å². The van der Waals surface area contributed by atoms with Crippen molar-refractivity contribution in [3.05, 3.63) is 181 Å². The number of fused-ring (bicyclic) bond motifs is 4. The van der Waals surface area contributed by atoms with Crippen LogP contribution in [0.4, 0.5) is 5.69 Å². The minimum Gasteiger partial charge on any atom is -0.554 e. The number of rotatable bonds is 6. The molecule has 11 heteroatoms. The molecule has 0 aliphatic rings. The Hall–Kier alpha value is -7.20. The molecule has 1 radical (unpaired) electrons. The average Bonchev–Trinajstić information content (AvgIpc) is 3.91.